The Morgan fingerprint density at radius 2 is 1.70 bits per heavy atom. The van der Waals surface area contributed by atoms with Gasteiger partial charge in [-0.05, 0) is 26.2 Å². The van der Waals surface area contributed by atoms with Crippen molar-refractivity contribution in [3.8, 4) is 0 Å². The third kappa shape index (κ3) is 7.31. The molecule has 0 saturated carbocycles. The molecule has 30 heavy (non-hydrogen) atoms. The molecule has 13 heteroatoms. The number of amides is 3. The van der Waals surface area contributed by atoms with Gasteiger partial charge in [0.2, 0.25) is 17.7 Å². The SMILES string of the molecule is CC(NC(=O)C1CCCN1C(=O)C(CCC(=O)O)NC(=O)C(N)CC(=O)O)C(=O)O. The lowest BCUT2D eigenvalue weighted by molar-refractivity contribution is -0.145. The van der Waals surface area contributed by atoms with Crippen LogP contribution in [0.15, 0.2) is 0 Å². The zero-order valence-electron chi connectivity index (χ0n) is 16.4. The summed E-state index contributed by atoms with van der Waals surface area (Å²) in [7, 11) is 0. The van der Waals surface area contributed by atoms with Crippen LogP contribution in [0.2, 0.25) is 0 Å². The molecule has 0 spiro atoms. The Hall–Kier alpha value is -3.22. The number of nitrogens with one attached hydrogen (secondary N) is 2. The minimum absolute atomic E-state index is 0.152. The topological polar surface area (TPSA) is 216 Å². The second-order valence-corrected chi connectivity index (χ2v) is 6.96. The van der Waals surface area contributed by atoms with E-state index in [1.807, 2.05) is 0 Å². The van der Waals surface area contributed by atoms with E-state index in [-0.39, 0.29) is 19.4 Å². The molecule has 1 saturated heterocycles. The summed E-state index contributed by atoms with van der Waals surface area (Å²) in [5.41, 5.74) is 5.48. The highest BCUT2D eigenvalue weighted by molar-refractivity contribution is 5.95. The van der Waals surface area contributed by atoms with Gasteiger partial charge in [-0.1, -0.05) is 0 Å². The molecule has 4 unspecified atom stereocenters. The fourth-order valence-corrected chi connectivity index (χ4v) is 2.96. The predicted molar refractivity (Wildman–Crippen MR) is 99.0 cm³/mol. The Labute approximate surface area is 171 Å². The highest BCUT2D eigenvalue weighted by Crippen LogP contribution is 2.20. The normalized spacial score (nSPS) is 18.7. The fourth-order valence-electron chi connectivity index (χ4n) is 2.96. The largest absolute Gasteiger partial charge is 0.481 e. The van der Waals surface area contributed by atoms with Crippen LogP contribution in [0.4, 0.5) is 0 Å². The molecule has 0 aromatic heterocycles. The summed E-state index contributed by atoms with van der Waals surface area (Å²) < 4.78 is 0. The Morgan fingerprint density at radius 3 is 2.23 bits per heavy atom. The maximum absolute atomic E-state index is 12.9. The Bertz CT molecular complexity index is 711. The first-order valence-electron chi connectivity index (χ1n) is 9.27. The number of carbonyl (C=O) groups is 6. The van der Waals surface area contributed by atoms with Crippen LogP contribution in [0.1, 0.15) is 39.0 Å². The highest BCUT2D eigenvalue weighted by atomic mass is 16.4. The summed E-state index contributed by atoms with van der Waals surface area (Å²) >= 11 is 0. The van der Waals surface area contributed by atoms with E-state index in [1.165, 1.54) is 6.92 Å². The summed E-state index contributed by atoms with van der Waals surface area (Å²) in [4.78, 5) is 71.2. The van der Waals surface area contributed by atoms with Crippen LogP contribution in [-0.2, 0) is 28.8 Å². The molecule has 1 aliphatic rings. The van der Waals surface area contributed by atoms with Gasteiger partial charge in [-0.2, -0.15) is 0 Å². The molecular formula is C17H26N4O9. The van der Waals surface area contributed by atoms with Gasteiger partial charge < -0.3 is 36.6 Å². The molecule has 0 aromatic rings. The average Bonchev–Trinajstić information content (AvgIpc) is 3.13. The standard InChI is InChI=1S/C17H26N4O9/c1-8(17(29)30)19-15(27)11-3-2-6-21(11)16(28)10(4-5-12(22)23)20-14(26)9(18)7-13(24)25/h8-11H,2-7,18H2,1H3,(H,19,27)(H,20,26)(H,22,23)(H,24,25)(H,29,30). The van der Waals surface area contributed by atoms with Gasteiger partial charge in [0.05, 0.1) is 12.5 Å². The van der Waals surface area contributed by atoms with Crippen molar-refractivity contribution in [2.24, 2.45) is 5.73 Å². The fraction of sp³-hybridized carbons (Fsp3) is 0.647. The maximum Gasteiger partial charge on any atom is 0.325 e. The maximum atomic E-state index is 12.9. The van der Waals surface area contributed by atoms with Gasteiger partial charge in [0, 0.05) is 13.0 Å². The zero-order valence-corrected chi connectivity index (χ0v) is 16.4. The summed E-state index contributed by atoms with van der Waals surface area (Å²) in [6, 6.07) is -4.93. The van der Waals surface area contributed by atoms with Crippen molar-refractivity contribution in [2.75, 3.05) is 6.54 Å². The van der Waals surface area contributed by atoms with Crippen molar-refractivity contribution in [3.05, 3.63) is 0 Å². The molecule has 1 fully saturated rings. The van der Waals surface area contributed by atoms with Gasteiger partial charge in [0.25, 0.3) is 0 Å². The molecule has 0 aromatic carbocycles. The number of hydrogen-bond acceptors (Lipinski definition) is 7. The summed E-state index contributed by atoms with van der Waals surface area (Å²) in [5.74, 6) is -6.15. The van der Waals surface area contributed by atoms with Crippen LogP contribution < -0.4 is 16.4 Å². The van der Waals surface area contributed by atoms with Crippen LogP contribution in [0, 0.1) is 0 Å². The van der Waals surface area contributed by atoms with Crippen LogP contribution in [-0.4, -0.2) is 86.6 Å². The molecule has 4 atom stereocenters. The van der Waals surface area contributed by atoms with Gasteiger partial charge in [-0.15, -0.1) is 0 Å². The second kappa shape index (κ2) is 11.1. The number of aliphatic carboxylic acids is 3. The molecule has 7 N–H and O–H groups in total. The number of rotatable bonds is 11. The lowest BCUT2D eigenvalue weighted by Crippen LogP contribution is -2.56. The summed E-state index contributed by atoms with van der Waals surface area (Å²) in [6.07, 6.45) is -0.736. The molecule has 0 bridgehead atoms. The molecule has 168 valence electrons. The van der Waals surface area contributed by atoms with Crippen molar-refractivity contribution in [2.45, 2.75) is 63.2 Å². The lowest BCUT2D eigenvalue weighted by atomic mass is 10.1. The van der Waals surface area contributed by atoms with E-state index < -0.39 is 72.6 Å². The monoisotopic (exact) mass is 430 g/mol. The van der Waals surface area contributed by atoms with Crippen molar-refractivity contribution in [1.82, 2.24) is 15.5 Å². The number of carboxylic acid groups (broad SMARTS) is 3. The predicted octanol–water partition coefficient (Wildman–Crippen LogP) is -2.28. The molecule has 0 radical (unpaired) electrons. The van der Waals surface area contributed by atoms with E-state index in [9.17, 15) is 28.8 Å². The first kappa shape index (κ1) is 24.8. The van der Waals surface area contributed by atoms with Crippen LogP contribution in [0.3, 0.4) is 0 Å². The first-order valence-corrected chi connectivity index (χ1v) is 9.27. The summed E-state index contributed by atoms with van der Waals surface area (Å²) in [5, 5.41) is 31.1. The van der Waals surface area contributed by atoms with E-state index >= 15 is 0 Å². The van der Waals surface area contributed by atoms with Crippen molar-refractivity contribution >= 4 is 35.6 Å². The Morgan fingerprint density at radius 1 is 1.07 bits per heavy atom. The van der Waals surface area contributed by atoms with E-state index in [0.29, 0.717) is 6.42 Å². The number of carbonyl (C=O) groups excluding carboxylic acids is 3. The van der Waals surface area contributed by atoms with Crippen LogP contribution in [0.5, 0.6) is 0 Å². The van der Waals surface area contributed by atoms with Crippen molar-refractivity contribution < 1.29 is 44.1 Å². The van der Waals surface area contributed by atoms with E-state index in [0.717, 1.165) is 4.90 Å². The molecule has 3 amide bonds. The van der Waals surface area contributed by atoms with Crippen LogP contribution >= 0.6 is 0 Å². The minimum Gasteiger partial charge on any atom is -0.481 e. The van der Waals surface area contributed by atoms with Gasteiger partial charge in [0.15, 0.2) is 0 Å². The number of likely N-dealkylation sites (tertiary alicyclic amines) is 1. The van der Waals surface area contributed by atoms with Gasteiger partial charge in [0.1, 0.15) is 18.1 Å². The molecule has 1 heterocycles. The third-order valence-corrected chi connectivity index (χ3v) is 4.56. The van der Waals surface area contributed by atoms with Crippen molar-refractivity contribution in [3.63, 3.8) is 0 Å². The molecule has 1 aliphatic heterocycles. The second-order valence-electron chi connectivity index (χ2n) is 6.96. The number of carboxylic acids is 3. The van der Waals surface area contributed by atoms with Gasteiger partial charge in [-0.25, -0.2) is 0 Å². The van der Waals surface area contributed by atoms with E-state index in [2.05, 4.69) is 10.6 Å². The Balaban J connectivity index is 2.93. The number of hydrogen-bond donors (Lipinski definition) is 6. The first-order chi connectivity index (χ1) is 13.9. The minimum atomic E-state index is -1.45. The number of nitrogens with two attached hydrogens (primary N) is 1. The number of nitrogens with zero attached hydrogens (tertiary/aromatic N) is 1. The quantitative estimate of drug-likeness (QED) is 0.206. The molecule has 13 nitrogen and oxygen atoms in total. The third-order valence-electron chi connectivity index (χ3n) is 4.56. The Kier molecular flexibility index (Phi) is 9.17. The van der Waals surface area contributed by atoms with Gasteiger partial charge >= 0.3 is 17.9 Å². The van der Waals surface area contributed by atoms with Crippen molar-refractivity contribution in [1.29, 1.82) is 0 Å². The average molecular weight is 430 g/mol. The molecular weight excluding hydrogens is 404 g/mol. The van der Waals surface area contributed by atoms with Crippen LogP contribution in [0.25, 0.3) is 0 Å². The summed E-state index contributed by atoms with van der Waals surface area (Å²) in [6.45, 7) is 1.42. The highest BCUT2D eigenvalue weighted by Gasteiger charge is 2.38. The molecule has 0 aliphatic carbocycles. The molecule has 1 rings (SSSR count). The lowest BCUT2D eigenvalue weighted by Gasteiger charge is -2.29. The van der Waals surface area contributed by atoms with Gasteiger partial charge in [-0.3, -0.25) is 28.8 Å². The van der Waals surface area contributed by atoms with E-state index in [4.69, 9.17) is 21.1 Å². The zero-order chi connectivity index (χ0) is 23.0. The smallest absolute Gasteiger partial charge is 0.325 e. The van der Waals surface area contributed by atoms with E-state index in [1.54, 1.807) is 0 Å².